The molecule has 15 aromatic rings. The average Bonchev–Trinajstić information content (AvgIpc) is 4.00. The first-order chi connectivity index (χ1) is 40.5. The first-order valence-corrected chi connectivity index (χ1v) is 28.5. The van der Waals surface area contributed by atoms with E-state index in [2.05, 4.69) is 307 Å². The van der Waals surface area contributed by atoms with Crippen LogP contribution in [0.5, 0.6) is 0 Å². The van der Waals surface area contributed by atoms with Gasteiger partial charge in [-0.05, 0) is 159 Å². The number of hydrogen-bond acceptors (Lipinski definition) is 2. The van der Waals surface area contributed by atoms with Crippen molar-refractivity contribution in [1.29, 1.82) is 0 Å². The molecule has 13 aromatic carbocycles. The zero-order valence-electron chi connectivity index (χ0n) is 45.7. The van der Waals surface area contributed by atoms with Crippen LogP contribution in [0.3, 0.4) is 0 Å². The normalized spacial score (nSPS) is 14.7. The van der Waals surface area contributed by atoms with Crippen molar-refractivity contribution in [2.45, 2.75) is 25.8 Å². The lowest BCUT2D eigenvalue weighted by atomic mass is 9.77. The number of anilines is 4. The van der Waals surface area contributed by atoms with E-state index in [1.807, 2.05) is 6.08 Å². The maximum absolute atomic E-state index is 4.21. The van der Waals surface area contributed by atoms with E-state index >= 15 is 0 Å². The lowest BCUT2D eigenvalue weighted by molar-refractivity contribution is 0.707. The highest BCUT2D eigenvalue weighted by molar-refractivity contribution is 6.27. The summed E-state index contributed by atoms with van der Waals surface area (Å²) in [6, 6.07) is 94.2. The number of allylic oxidation sites excluding steroid dienone is 3. The Morgan fingerprint density at radius 1 is 0.402 bits per heavy atom. The molecule has 1 N–H and O–H groups in total. The van der Waals surface area contributed by atoms with Gasteiger partial charge in [0.15, 0.2) is 0 Å². The van der Waals surface area contributed by atoms with Crippen LogP contribution in [0.15, 0.2) is 291 Å². The van der Waals surface area contributed by atoms with Crippen LogP contribution in [-0.2, 0) is 0 Å². The zero-order chi connectivity index (χ0) is 54.6. The topological polar surface area (TPSA) is 25.1 Å². The maximum Gasteiger partial charge on any atom is 0.0619 e. The lowest BCUT2D eigenvalue weighted by Gasteiger charge is -2.33. The predicted octanol–water partition coefficient (Wildman–Crippen LogP) is 21.1. The Kier molecular flexibility index (Phi) is 10.9. The number of nitrogens with one attached hydrogen (secondary N) is 1. The molecular formula is C78H56N4. The van der Waals surface area contributed by atoms with Crippen molar-refractivity contribution < 1.29 is 0 Å². The minimum Gasteiger partial charge on any atom is -0.378 e. The van der Waals surface area contributed by atoms with Gasteiger partial charge in [0.25, 0.3) is 0 Å². The summed E-state index contributed by atoms with van der Waals surface area (Å²) >= 11 is 0. The summed E-state index contributed by atoms with van der Waals surface area (Å²) in [4.78, 5) is 2.39. The van der Waals surface area contributed by atoms with E-state index < -0.39 is 0 Å². The number of nitrogens with zero attached hydrogens (tertiary/aromatic N) is 3. The molecule has 16 rings (SSSR count). The molecule has 2 heterocycles. The smallest absolute Gasteiger partial charge is 0.0619 e. The van der Waals surface area contributed by atoms with Crippen LogP contribution >= 0.6 is 0 Å². The summed E-state index contributed by atoms with van der Waals surface area (Å²) in [5, 5.41) is 21.5. The van der Waals surface area contributed by atoms with Crippen LogP contribution in [-0.4, -0.2) is 15.2 Å². The number of rotatable bonds is 9. The van der Waals surface area contributed by atoms with Crippen molar-refractivity contribution in [1.82, 2.24) is 9.13 Å². The molecule has 0 saturated carbocycles. The van der Waals surface area contributed by atoms with Gasteiger partial charge in [0.05, 0.1) is 28.1 Å². The Bertz CT molecular complexity index is 4930. The molecule has 0 saturated heterocycles. The standard InChI is InChI=1S/C78H56N4/c1-4-51-28-46-71(74(49(51)2)64-43-25-52-15-5-10-20-63(52)50(64)3)79-57-31-33-58(34-32-57)80(59-35-39-61(40-36-59)81-72-47-29-53-16-6-11-21-65(53)75(72)69-44-26-55-18-8-13-23-67(55)77(69)81)60-37-41-62(42-38-60)82-73-48-30-54-17-7-12-22-66(54)76(73)70-45-27-56-19-9-14-24-68(56)78(70)82/h4-48,71,74,79H,1H2,2-3H3. The highest BCUT2D eigenvalue weighted by Gasteiger charge is 2.29. The summed E-state index contributed by atoms with van der Waals surface area (Å²) in [7, 11) is 0. The molecule has 0 aliphatic heterocycles. The molecule has 0 fully saturated rings. The molecule has 1 aliphatic carbocycles. The average molecular weight is 1050 g/mol. The first-order valence-electron chi connectivity index (χ1n) is 28.5. The van der Waals surface area contributed by atoms with E-state index in [1.165, 1.54) is 120 Å². The molecule has 0 radical (unpaired) electrons. The molecule has 2 atom stereocenters. The molecule has 4 heteroatoms. The van der Waals surface area contributed by atoms with Gasteiger partial charge in [0, 0.05) is 72.4 Å². The van der Waals surface area contributed by atoms with E-state index in [0.717, 1.165) is 34.1 Å². The number of aromatic nitrogens is 2. The van der Waals surface area contributed by atoms with Gasteiger partial charge >= 0.3 is 0 Å². The van der Waals surface area contributed by atoms with Crippen LogP contribution in [0.2, 0.25) is 0 Å². The molecule has 2 unspecified atom stereocenters. The predicted molar refractivity (Wildman–Crippen MR) is 351 cm³/mol. The monoisotopic (exact) mass is 1050 g/mol. The molecular weight excluding hydrogens is 993 g/mol. The fraction of sp³-hybridized carbons (Fsp3) is 0.0513. The van der Waals surface area contributed by atoms with Crippen LogP contribution < -0.4 is 10.2 Å². The van der Waals surface area contributed by atoms with E-state index in [9.17, 15) is 0 Å². The third-order valence-corrected chi connectivity index (χ3v) is 17.8. The van der Waals surface area contributed by atoms with Crippen LogP contribution in [0.1, 0.15) is 24.0 Å². The number of aryl methyl sites for hydroxylation is 1. The largest absolute Gasteiger partial charge is 0.378 e. The van der Waals surface area contributed by atoms with Crippen molar-refractivity contribution in [3.8, 4) is 11.4 Å². The van der Waals surface area contributed by atoms with Crippen molar-refractivity contribution in [2.24, 2.45) is 0 Å². The first kappa shape index (κ1) is 47.6. The van der Waals surface area contributed by atoms with E-state index in [1.54, 1.807) is 0 Å². The lowest BCUT2D eigenvalue weighted by Crippen LogP contribution is -2.29. The van der Waals surface area contributed by atoms with Gasteiger partial charge in [-0.1, -0.05) is 200 Å². The quantitative estimate of drug-likeness (QED) is 0.156. The number of fused-ring (bicyclic) bond motifs is 15. The van der Waals surface area contributed by atoms with Gasteiger partial charge in [0.2, 0.25) is 0 Å². The molecule has 388 valence electrons. The van der Waals surface area contributed by atoms with Crippen molar-refractivity contribution in [3.05, 3.63) is 302 Å². The third kappa shape index (κ3) is 7.38. The van der Waals surface area contributed by atoms with E-state index in [-0.39, 0.29) is 12.0 Å². The summed E-state index contributed by atoms with van der Waals surface area (Å²) in [6.45, 7) is 8.75. The summed E-state index contributed by atoms with van der Waals surface area (Å²) in [5.74, 6) is 0.119. The summed E-state index contributed by atoms with van der Waals surface area (Å²) in [6.07, 6.45) is 6.54. The molecule has 2 aromatic heterocycles. The van der Waals surface area contributed by atoms with Crippen molar-refractivity contribution in [2.75, 3.05) is 10.2 Å². The Morgan fingerprint density at radius 2 is 0.805 bits per heavy atom. The van der Waals surface area contributed by atoms with Gasteiger partial charge in [-0.25, -0.2) is 0 Å². The second-order valence-corrected chi connectivity index (χ2v) is 22.2. The Morgan fingerprint density at radius 3 is 1.29 bits per heavy atom. The summed E-state index contributed by atoms with van der Waals surface area (Å²) < 4.78 is 4.95. The Hall–Kier alpha value is -10.4. The van der Waals surface area contributed by atoms with Crippen molar-refractivity contribution >= 4 is 120 Å². The molecule has 4 nitrogen and oxygen atoms in total. The van der Waals surface area contributed by atoms with Crippen LogP contribution in [0.25, 0.3) is 109 Å². The Balaban J connectivity index is 0.832. The third-order valence-electron chi connectivity index (χ3n) is 17.8. The van der Waals surface area contributed by atoms with Crippen LogP contribution in [0, 0.1) is 6.92 Å². The van der Waals surface area contributed by atoms with E-state index in [0.29, 0.717) is 0 Å². The van der Waals surface area contributed by atoms with Crippen LogP contribution in [0.4, 0.5) is 22.7 Å². The fourth-order valence-corrected chi connectivity index (χ4v) is 13.9. The molecule has 0 amide bonds. The zero-order valence-corrected chi connectivity index (χ0v) is 45.7. The van der Waals surface area contributed by atoms with Crippen molar-refractivity contribution in [3.63, 3.8) is 0 Å². The highest BCUT2D eigenvalue weighted by Crippen LogP contribution is 2.45. The number of hydrogen-bond donors (Lipinski definition) is 1. The van der Waals surface area contributed by atoms with Gasteiger partial charge in [-0.2, -0.15) is 0 Å². The molecule has 82 heavy (non-hydrogen) atoms. The second kappa shape index (κ2) is 18.9. The summed E-state index contributed by atoms with van der Waals surface area (Å²) in [5.41, 5.74) is 16.4. The minimum atomic E-state index is 0.0255. The molecule has 0 spiro atoms. The molecule has 0 bridgehead atoms. The van der Waals surface area contributed by atoms with Gasteiger partial charge in [0.1, 0.15) is 0 Å². The second-order valence-electron chi connectivity index (χ2n) is 22.2. The van der Waals surface area contributed by atoms with Gasteiger partial charge in [-0.15, -0.1) is 0 Å². The molecule has 1 aliphatic rings. The minimum absolute atomic E-state index is 0.0255. The Labute approximate surface area is 476 Å². The highest BCUT2D eigenvalue weighted by atomic mass is 15.1. The van der Waals surface area contributed by atoms with E-state index in [4.69, 9.17) is 0 Å². The fourth-order valence-electron chi connectivity index (χ4n) is 13.9. The maximum atomic E-state index is 4.21. The van der Waals surface area contributed by atoms with Gasteiger partial charge in [-0.3, -0.25) is 0 Å². The SMILES string of the molecule is C=CC1=C(C)C(c2ccc3ccccc3c2C)C(Nc2ccc(N(c3ccc(-n4c5ccc6ccccc6c5c5ccc6ccccc6c54)cc3)c3ccc(-n4c5ccc6ccccc6c5c5ccc6ccccc6c54)cc3)cc2)C=C1. The number of benzene rings is 13. The van der Waals surface area contributed by atoms with Gasteiger partial charge < -0.3 is 19.4 Å².